The lowest BCUT2D eigenvalue weighted by atomic mass is 10.0. The summed E-state index contributed by atoms with van der Waals surface area (Å²) in [4.78, 5) is 11.8. The molecule has 0 radical (unpaired) electrons. The van der Waals surface area contributed by atoms with Gasteiger partial charge in [0.15, 0.2) is 0 Å². The van der Waals surface area contributed by atoms with E-state index < -0.39 is 0 Å². The Morgan fingerprint density at radius 3 is 2.50 bits per heavy atom. The second-order valence-electron chi connectivity index (χ2n) is 4.98. The normalized spacial score (nSPS) is 13.1. The van der Waals surface area contributed by atoms with Crippen molar-refractivity contribution in [1.29, 1.82) is 0 Å². The molecule has 0 fully saturated rings. The molecule has 0 aliphatic carbocycles. The van der Waals surface area contributed by atoms with E-state index >= 15 is 0 Å². The van der Waals surface area contributed by atoms with Gasteiger partial charge in [0, 0.05) is 17.0 Å². The van der Waals surface area contributed by atoms with Gasteiger partial charge in [0.25, 0.3) is 0 Å². The van der Waals surface area contributed by atoms with E-state index in [1.807, 2.05) is 44.2 Å². The lowest BCUT2D eigenvalue weighted by Gasteiger charge is -2.20. The van der Waals surface area contributed by atoms with Crippen LogP contribution in [0.25, 0.3) is 0 Å². The van der Waals surface area contributed by atoms with E-state index in [4.69, 9.17) is 11.6 Å². The lowest BCUT2D eigenvalue weighted by Crippen LogP contribution is -2.37. The Labute approximate surface area is 112 Å². The van der Waals surface area contributed by atoms with Gasteiger partial charge in [0.1, 0.15) is 0 Å². The Morgan fingerprint density at radius 2 is 2.00 bits per heavy atom. The Hall–Kier alpha value is -1.04. The average molecular weight is 267 g/mol. The third-order valence-corrected chi connectivity index (χ3v) is 3.94. The predicted octanol–water partition coefficient (Wildman–Crippen LogP) is 1.23. The Balaban J connectivity index is 2.66. The molecule has 1 aromatic carbocycles. The van der Waals surface area contributed by atoms with E-state index in [2.05, 4.69) is 5.43 Å². The molecule has 1 aromatic rings. The maximum atomic E-state index is 11.8. The maximum Gasteiger partial charge on any atom is 0.242 e. The van der Waals surface area contributed by atoms with Crippen molar-refractivity contribution in [2.75, 3.05) is 11.5 Å². The Morgan fingerprint density at radius 1 is 1.39 bits per heavy atom. The fraction of sp³-hybridized carbons (Fsp3) is 0.462. The minimum absolute atomic E-state index is 0.163. The van der Waals surface area contributed by atoms with Crippen molar-refractivity contribution in [3.8, 4) is 0 Å². The zero-order valence-electron chi connectivity index (χ0n) is 10.8. The van der Waals surface area contributed by atoms with Gasteiger partial charge in [-0.3, -0.25) is 10.2 Å². The first kappa shape index (κ1) is 15.0. The fourth-order valence-corrected chi connectivity index (χ4v) is 2.77. The molecule has 0 saturated heterocycles. The van der Waals surface area contributed by atoms with E-state index in [9.17, 15) is 4.79 Å². The first-order valence-corrected chi connectivity index (χ1v) is 7.01. The highest BCUT2D eigenvalue weighted by molar-refractivity contribution is 7.99. The number of carbonyl (C=O) groups is 1. The van der Waals surface area contributed by atoms with E-state index in [1.54, 1.807) is 11.8 Å². The molecule has 5 N–H and O–H groups in total. The number of benzene rings is 1. The molecule has 1 unspecified atom stereocenters. The van der Waals surface area contributed by atoms with Gasteiger partial charge in [-0.25, -0.2) is 5.84 Å². The highest BCUT2D eigenvalue weighted by Crippen LogP contribution is 2.22. The van der Waals surface area contributed by atoms with Crippen molar-refractivity contribution in [3.63, 3.8) is 0 Å². The molecule has 0 aliphatic heterocycles. The number of rotatable bonds is 6. The first-order chi connectivity index (χ1) is 8.44. The Bertz CT molecular complexity index is 376. The Kier molecular flexibility index (Phi) is 5.65. The molecule has 1 atom stereocenters. The van der Waals surface area contributed by atoms with Gasteiger partial charge in [-0.15, -0.1) is 0 Å². The molecule has 1 rings (SSSR count). The molecule has 0 heterocycles. The van der Waals surface area contributed by atoms with Crippen LogP contribution in [0.3, 0.4) is 0 Å². The van der Waals surface area contributed by atoms with E-state index in [1.165, 1.54) is 0 Å². The summed E-state index contributed by atoms with van der Waals surface area (Å²) in [7, 11) is 0. The summed E-state index contributed by atoms with van der Waals surface area (Å²) in [6.07, 6.45) is 0. The molecular formula is C13H21N3OS. The van der Waals surface area contributed by atoms with Crippen LogP contribution in [0.2, 0.25) is 0 Å². The van der Waals surface area contributed by atoms with Gasteiger partial charge in [0.05, 0.1) is 5.92 Å². The molecule has 4 nitrogen and oxygen atoms in total. The van der Waals surface area contributed by atoms with Gasteiger partial charge in [-0.05, 0) is 19.4 Å². The number of carbonyl (C=O) groups excluding carboxylic acids is 1. The molecule has 0 bridgehead atoms. The van der Waals surface area contributed by atoms with Gasteiger partial charge >= 0.3 is 0 Å². The highest BCUT2D eigenvalue weighted by atomic mass is 32.2. The van der Waals surface area contributed by atoms with E-state index in [0.29, 0.717) is 5.75 Å². The summed E-state index contributed by atoms with van der Waals surface area (Å²) in [5.41, 5.74) is 8.89. The van der Waals surface area contributed by atoms with Crippen LogP contribution in [0.15, 0.2) is 30.3 Å². The van der Waals surface area contributed by atoms with Crippen LogP contribution in [-0.2, 0) is 4.79 Å². The molecule has 100 valence electrons. The number of hydrazine groups is 1. The van der Waals surface area contributed by atoms with Crippen molar-refractivity contribution < 1.29 is 4.79 Å². The maximum absolute atomic E-state index is 11.8. The monoisotopic (exact) mass is 267 g/mol. The SMILES string of the molecule is CC(C)(N)CSCC(C(=O)NN)c1ccccc1. The minimum atomic E-state index is -0.233. The van der Waals surface area contributed by atoms with Crippen molar-refractivity contribution in [2.24, 2.45) is 11.6 Å². The largest absolute Gasteiger partial charge is 0.325 e. The number of nitrogens with two attached hydrogens (primary N) is 2. The van der Waals surface area contributed by atoms with Crippen LogP contribution in [0.5, 0.6) is 0 Å². The molecule has 0 aromatic heterocycles. The predicted molar refractivity (Wildman–Crippen MR) is 77.1 cm³/mol. The van der Waals surface area contributed by atoms with Crippen LogP contribution >= 0.6 is 11.8 Å². The van der Waals surface area contributed by atoms with Crippen LogP contribution < -0.4 is 17.0 Å². The molecule has 5 heteroatoms. The fourth-order valence-electron chi connectivity index (χ4n) is 1.55. The van der Waals surface area contributed by atoms with Crippen LogP contribution in [0.1, 0.15) is 25.3 Å². The first-order valence-electron chi connectivity index (χ1n) is 5.86. The van der Waals surface area contributed by atoms with Crippen LogP contribution in [0.4, 0.5) is 0 Å². The van der Waals surface area contributed by atoms with Crippen LogP contribution in [-0.4, -0.2) is 23.0 Å². The van der Waals surface area contributed by atoms with E-state index in [0.717, 1.165) is 11.3 Å². The summed E-state index contributed by atoms with van der Waals surface area (Å²) in [5, 5.41) is 0. The highest BCUT2D eigenvalue weighted by Gasteiger charge is 2.21. The zero-order valence-corrected chi connectivity index (χ0v) is 11.7. The number of thioether (sulfide) groups is 1. The van der Waals surface area contributed by atoms with Crippen molar-refractivity contribution in [2.45, 2.75) is 25.3 Å². The summed E-state index contributed by atoms with van der Waals surface area (Å²) in [6, 6.07) is 9.65. The summed E-state index contributed by atoms with van der Waals surface area (Å²) in [6.45, 7) is 3.95. The minimum Gasteiger partial charge on any atom is -0.325 e. The standard InChI is InChI=1S/C13H21N3OS/c1-13(2,14)9-18-8-11(12(17)16-15)10-6-4-3-5-7-10/h3-7,11H,8-9,14-15H2,1-2H3,(H,16,17). The van der Waals surface area contributed by atoms with Gasteiger partial charge in [-0.1, -0.05) is 30.3 Å². The molecule has 0 spiro atoms. The number of hydrogen-bond donors (Lipinski definition) is 3. The van der Waals surface area contributed by atoms with Crippen molar-refractivity contribution in [3.05, 3.63) is 35.9 Å². The van der Waals surface area contributed by atoms with Crippen molar-refractivity contribution in [1.82, 2.24) is 5.43 Å². The quantitative estimate of drug-likeness (QED) is 0.411. The number of nitrogens with one attached hydrogen (secondary N) is 1. The molecule has 18 heavy (non-hydrogen) atoms. The zero-order chi connectivity index (χ0) is 13.6. The van der Waals surface area contributed by atoms with Crippen LogP contribution in [0, 0.1) is 0 Å². The smallest absolute Gasteiger partial charge is 0.242 e. The lowest BCUT2D eigenvalue weighted by molar-refractivity contribution is -0.122. The number of amides is 1. The summed E-state index contributed by atoms with van der Waals surface area (Å²) < 4.78 is 0. The van der Waals surface area contributed by atoms with Gasteiger partial charge < -0.3 is 5.73 Å². The van der Waals surface area contributed by atoms with Gasteiger partial charge in [-0.2, -0.15) is 11.8 Å². The van der Waals surface area contributed by atoms with E-state index in [-0.39, 0.29) is 17.4 Å². The average Bonchev–Trinajstić information content (AvgIpc) is 2.33. The molecule has 1 amide bonds. The third-order valence-electron chi connectivity index (χ3n) is 2.42. The van der Waals surface area contributed by atoms with Crippen molar-refractivity contribution >= 4 is 17.7 Å². The number of hydrogen-bond acceptors (Lipinski definition) is 4. The summed E-state index contributed by atoms with van der Waals surface area (Å²) in [5.74, 6) is 6.31. The molecule has 0 saturated carbocycles. The third kappa shape index (κ3) is 5.08. The van der Waals surface area contributed by atoms with Gasteiger partial charge in [0.2, 0.25) is 5.91 Å². The second-order valence-corrected chi connectivity index (χ2v) is 6.01. The second kappa shape index (κ2) is 6.78. The topological polar surface area (TPSA) is 81.1 Å². The molecule has 0 aliphatic rings. The summed E-state index contributed by atoms with van der Waals surface area (Å²) >= 11 is 1.67. The molecular weight excluding hydrogens is 246 g/mol.